The highest BCUT2D eigenvalue weighted by atomic mass is 35.5. The molecule has 2 aromatic heterocycles. The van der Waals surface area contributed by atoms with Gasteiger partial charge in [-0.25, -0.2) is 4.98 Å². The highest BCUT2D eigenvalue weighted by molar-refractivity contribution is 7.22. The summed E-state index contributed by atoms with van der Waals surface area (Å²) in [6.07, 6.45) is 1.71. The second kappa shape index (κ2) is 9.97. The highest BCUT2D eigenvalue weighted by Crippen LogP contribution is 2.35. The van der Waals surface area contributed by atoms with Gasteiger partial charge in [-0.05, 0) is 56.3 Å². The maximum atomic E-state index is 13.7. The number of hydrogen-bond acceptors (Lipinski definition) is 6. The standard InChI is InChI=1S/C24H22ClN3O3S/c1-3-30-19-12-11-16(14-20(19)31-4-2)23(29)28(15-17-8-5-6-13-26-17)24-27-22-18(25)9-7-10-21(22)32-24/h5-14H,3-4,15H2,1-2H3. The number of carbonyl (C=O) groups excluding carboxylic acids is 1. The Morgan fingerprint density at radius 2 is 1.84 bits per heavy atom. The fraction of sp³-hybridized carbons (Fsp3) is 0.208. The van der Waals surface area contributed by atoms with Crippen molar-refractivity contribution >= 4 is 44.2 Å². The number of amides is 1. The summed E-state index contributed by atoms with van der Waals surface area (Å²) in [5.41, 5.74) is 1.90. The van der Waals surface area contributed by atoms with Crippen molar-refractivity contribution in [2.75, 3.05) is 18.1 Å². The van der Waals surface area contributed by atoms with Crippen LogP contribution in [0.1, 0.15) is 29.9 Å². The Morgan fingerprint density at radius 1 is 1.03 bits per heavy atom. The van der Waals surface area contributed by atoms with Crippen molar-refractivity contribution in [3.05, 3.63) is 77.1 Å². The Balaban J connectivity index is 1.76. The van der Waals surface area contributed by atoms with Crippen molar-refractivity contribution in [2.24, 2.45) is 0 Å². The van der Waals surface area contributed by atoms with Crippen LogP contribution in [0.5, 0.6) is 11.5 Å². The van der Waals surface area contributed by atoms with E-state index in [1.54, 1.807) is 35.4 Å². The zero-order valence-corrected chi connectivity index (χ0v) is 19.3. The Morgan fingerprint density at radius 3 is 2.56 bits per heavy atom. The van der Waals surface area contributed by atoms with E-state index in [9.17, 15) is 4.79 Å². The lowest BCUT2D eigenvalue weighted by molar-refractivity contribution is 0.0984. The average molecular weight is 468 g/mol. The predicted molar refractivity (Wildman–Crippen MR) is 128 cm³/mol. The van der Waals surface area contributed by atoms with Gasteiger partial charge in [0, 0.05) is 11.8 Å². The molecule has 2 heterocycles. The Hall–Kier alpha value is -3.16. The lowest BCUT2D eigenvalue weighted by atomic mass is 10.1. The van der Waals surface area contributed by atoms with Gasteiger partial charge in [0.2, 0.25) is 0 Å². The molecule has 6 nitrogen and oxygen atoms in total. The molecule has 0 saturated carbocycles. The molecule has 0 fully saturated rings. The van der Waals surface area contributed by atoms with Crippen LogP contribution in [0.3, 0.4) is 0 Å². The van der Waals surface area contributed by atoms with Crippen LogP contribution < -0.4 is 14.4 Å². The van der Waals surface area contributed by atoms with Crippen molar-refractivity contribution in [3.8, 4) is 11.5 Å². The number of anilines is 1. The number of rotatable bonds is 8. The fourth-order valence-corrected chi connectivity index (χ4v) is 4.50. The molecule has 32 heavy (non-hydrogen) atoms. The Labute approximate surface area is 195 Å². The zero-order chi connectivity index (χ0) is 22.5. The molecular formula is C24H22ClN3O3S. The zero-order valence-electron chi connectivity index (χ0n) is 17.7. The van der Waals surface area contributed by atoms with Crippen molar-refractivity contribution in [1.82, 2.24) is 9.97 Å². The number of pyridine rings is 1. The van der Waals surface area contributed by atoms with Gasteiger partial charge in [-0.3, -0.25) is 14.7 Å². The van der Waals surface area contributed by atoms with E-state index in [0.29, 0.717) is 45.9 Å². The first-order valence-corrected chi connectivity index (χ1v) is 11.5. The van der Waals surface area contributed by atoms with Crippen molar-refractivity contribution in [3.63, 3.8) is 0 Å². The molecule has 0 spiro atoms. The molecule has 0 atom stereocenters. The summed E-state index contributed by atoms with van der Waals surface area (Å²) in [5, 5.41) is 1.10. The number of para-hydroxylation sites is 1. The maximum Gasteiger partial charge on any atom is 0.260 e. The molecule has 0 bridgehead atoms. The number of benzene rings is 2. The molecule has 0 saturated heterocycles. The minimum absolute atomic E-state index is 0.213. The van der Waals surface area contributed by atoms with Gasteiger partial charge in [0.05, 0.1) is 35.2 Å². The van der Waals surface area contributed by atoms with E-state index in [1.165, 1.54) is 11.3 Å². The number of halogens is 1. The smallest absolute Gasteiger partial charge is 0.260 e. The first-order valence-electron chi connectivity index (χ1n) is 10.3. The predicted octanol–water partition coefficient (Wildman–Crippen LogP) is 5.99. The van der Waals surface area contributed by atoms with Crippen LogP contribution in [0, 0.1) is 0 Å². The third-order valence-corrected chi connectivity index (χ3v) is 6.02. The molecule has 0 N–H and O–H groups in total. The highest BCUT2D eigenvalue weighted by Gasteiger charge is 2.24. The van der Waals surface area contributed by atoms with E-state index >= 15 is 0 Å². The monoisotopic (exact) mass is 467 g/mol. The van der Waals surface area contributed by atoms with E-state index in [2.05, 4.69) is 9.97 Å². The first-order chi connectivity index (χ1) is 15.6. The second-order valence-corrected chi connectivity index (χ2v) is 8.24. The van der Waals surface area contributed by atoms with E-state index in [1.807, 2.05) is 44.2 Å². The van der Waals surface area contributed by atoms with Crippen LogP contribution in [0.2, 0.25) is 5.02 Å². The van der Waals surface area contributed by atoms with E-state index in [-0.39, 0.29) is 12.5 Å². The molecule has 4 rings (SSSR count). The fourth-order valence-electron chi connectivity index (χ4n) is 3.24. The quantitative estimate of drug-likeness (QED) is 0.318. The normalized spacial score (nSPS) is 10.8. The summed E-state index contributed by atoms with van der Waals surface area (Å²) in [5.74, 6) is 0.925. The summed E-state index contributed by atoms with van der Waals surface area (Å²) in [7, 11) is 0. The number of ether oxygens (including phenoxy) is 2. The lowest BCUT2D eigenvalue weighted by Crippen LogP contribution is -2.30. The third kappa shape index (κ3) is 4.69. The van der Waals surface area contributed by atoms with Crippen LogP contribution in [0.4, 0.5) is 5.13 Å². The van der Waals surface area contributed by atoms with Gasteiger partial charge in [-0.2, -0.15) is 0 Å². The number of hydrogen-bond donors (Lipinski definition) is 0. The lowest BCUT2D eigenvalue weighted by Gasteiger charge is -2.20. The maximum absolute atomic E-state index is 13.7. The molecule has 0 radical (unpaired) electrons. The number of aromatic nitrogens is 2. The molecule has 0 aliphatic carbocycles. The van der Waals surface area contributed by atoms with Gasteiger partial charge < -0.3 is 9.47 Å². The van der Waals surface area contributed by atoms with Gasteiger partial charge in [0.15, 0.2) is 16.6 Å². The van der Waals surface area contributed by atoms with Gasteiger partial charge >= 0.3 is 0 Å². The number of fused-ring (bicyclic) bond motifs is 1. The third-order valence-electron chi connectivity index (χ3n) is 4.67. The number of carbonyl (C=O) groups is 1. The molecule has 2 aromatic carbocycles. The van der Waals surface area contributed by atoms with Crippen LogP contribution in [-0.2, 0) is 6.54 Å². The average Bonchev–Trinajstić information content (AvgIpc) is 3.25. The van der Waals surface area contributed by atoms with Crippen molar-refractivity contribution in [2.45, 2.75) is 20.4 Å². The molecule has 0 aliphatic rings. The SMILES string of the molecule is CCOc1ccc(C(=O)N(Cc2ccccn2)c2nc3c(Cl)cccc3s2)cc1OCC. The van der Waals surface area contributed by atoms with E-state index < -0.39 is 0 Å². The van der Waals surface area contributed by atoms with Crippen LogP contribution in [-0.4, -0.2) is 29.1 Å². The summed E-state index contributed by atoms with van der Waals surface area (Å²) in [6, 6.07) is 16.4. The first kappa shape index (κ1) is 22.0. The molecular weight excluding hydrogens is 446 g/mol. The molecule has 4 aromatic rings. The summed E-state index contributed by atoms with van der Waals surface area (Å²) >= 11 is 7.75. The summed E-state index contributed by atoms with van der Waals surface area (Å²) in [4.78, 5) is 24.4. The van der Waals surface area contributed by atoms with Crippen LogP contribution >= 0.6 is 22.9 Å². The summed E-state index contributed by atoms with van der Waals surface area (Å²) in [6.45, 7) is 5.04. The largest absolute Gasteiger partial charge is 0.490 e. The van der Waals surface area contributed by atoms with Gasteiger partial charge in [0.25, 0.3) is 5.91 Å². The molecule has 8 heteroatoms. The van der Waals surface area contributed by atoms with E-state index in [4.69, 9.17) is 21.1 Å². The van der Waals surface area contributed by atoms with Crippen LogP contribution in [0.15, 0.2) is 60.8 Å². The second-order valence-electron chi connectivity index (χ2n) is 6.82. The minimum atomic E-state index is -0.213. The number of nitrogens with zero attached hydrogens (tertiary/aromatic N) is 3. The Bertz CT molecular complexity index is 1230. The summed E-state index contributed by atoms with van der Waals surface area (Å²) < 4.78 is 12.3. The van der Waals surface area contributed by atoms with Gasteiger partial charge in [-0.1, -0.05) is 35.1 Å². The van der Waals surface area contributed by atoms with Crippen LogP contribution in [0.25, 0.3) is 10.2 Å². The molecule has 1 amide bonds. The molecule has 164 valence electrons. The van der Waals surface area contributed by atoms with Crippen molar-refractivity contribution in [1.29, 1.82) is 0 Å². The van der Waals surface area contributed by atoms with Gasteiger partial charge in [0.1, 0.15) is 5.52 Å². The Kier molecular flexibility index (Phi) is 6.87. The molecule has 0 unspecified atom stereocenters. The topological polar surface area (TPSA) is 64.5 Å². The number of thiazole rings is 1. The van der Waals surface area contributed by atoms with E-state index in [0.717, 1.165) is 10.4 Å². The van der Waals surface area contributed by atoms with Crippen molar-refractivity contribution < 1.29 is 14.3 Å². The van der Waals surface area contributed by atoms with Gasteiger partial charge in [-0.15, -0.1) is 0 Å². The minimum Gasteiger partial charge on any atom is -0.490 e. The molecule has 0 aliphatic heterocycles.